The van der Waals surface area contributed by atoms with Gasteiger partial charge in [-0.15, -0.1) is 0 Å². The van der Waals surface area contributed by atoms with Crippen LogP contribution in [0.1, 0.15) is 43.0 Å². The van der Waals surface area contributed by atoms with Gasteiger partial charge in [0.25, 0.3) is 0 Å². The van der Waals surface area contributed by atoms with Crippen LogP contribution in [0, 0.1) is 5.92 Å². The van der Waals surface area contributed by atoms with Gasteiger partial charge in [-0.05, 0) is 34.9 Å². The molecule has 2 aromatic rings. The van der Waals surface area contributed by atoms with Crippen molar-refractivity contribution in [2.24, 2.45) is 16.1 Å². The van der Waals surface area contributed by atoms with Gasteiger partial charge in [-0.2, -0.15) is 23.4 Å². The summed E-state index contributed by atoms with van der Waals surface area (Å²) in [5.74, 6) is 0.0487. The van der Waals surface area contributed by atoms with Crippen molar-refractivity contribution in [2.45, 2.75) is 50.7 Å². The van der Waals surface area contributed by atoms with E-state index >= 15 is 0 Å². The zero-order valence-corrected chi connectivity index (χ0v) is 20.2. The van der Waals surface area contributed by atoms with Crippen LogP contribution in [0.5, 0.6) is 0 Å². The lowest BCUT2D eigenvalue weighted by Gasteiger charge is -2.39. The zero-order chi connectivity index (χ0) is 24.7. The Morgan fingerprint density at radius 1 is 1.18 bits per heavy atom. The Balaban J connectivity index is 1.45. The molecule has 2 heterocycles. The van der Waals surface area contributed by atoms with Crippen molar-refractivity contribution in [1.82, 2.24) is 4.90 Å². The van der Waals surface area contributed by atoms with Gasteiger partial charge in [0, 0.05) is 35.5 Å². The number of carbonyl (C=O) groups excluding carboxylic acids is 1. The average molecular weight is 514 g/mol. The lowest BCUT2D eigenvalue weighted by molar-refractivity contribution is -0.188. The molecule has 0 aliphatic carbocycles. The summed E-state index contributed by atoms with van der Waals surface area (Å²) in [5.41, 5.74) is -1.21. The van der Waals surface area contributed by atoms with Gasteiger partial charge < -0.3 is 9.64 Å². The van der Waals surface area contributed by atoms with Crippen LogP contribution in [0.15, 0.2) is 52.7 Å². The molecule has 0 N–H and O–H groups in total. The Kier molecular flexibility index (Phi) is 6.95. The van der Waals surface area contributed by atoms with Crippen molar-refractivity contribution < 1.29 is 22.7 Å². The lowest BCUT2D eigenvalue weighted by Crippen LogP contribution is -2.55. The van der Waals surface area contributed by atoms with E-state index in [0.717, 1.165) is 5.56 Å². The predicted octanol–water partition coefficient (Wildman–Crippen LogP) is 6.73. The Hall–Kier alpha value is -2.16. The average Bonchev–Trinajstić information content (AvgIpc) is 3.19. The molecule has 2 atom stereocenters. The summed E-state index contributed by atoms with van der Waals surface area (Å²) < 4.78 is 48.6. The third kappa shape index (κ3) is 4.95. The van der Waals surface area contributed by atoms with Gasteiger partial charge in [-0.25, -0.2) is 0 Å². The molecule has 0 aromatic heterocycles. The number of halogens is 5. The van der Waals surface area contributed by atoms with E-state index in [1.54, 1.807) is 23.1 Å². The number of nitrogens with zero attached hydrogens (tertiary/aromatic N) is 3. The van der Waals surface area contributed by atoms with Gasteiger partial charge >= 0.3 is 6.18 Å². The first-order valence-corrected chi connectivity index (χ1v) is 11.7. The number of likely N-dealkylation sites (tertiary alicyclic amines) is 1. The third-order valence-corrected chi connectivity index (χ3v) is 6.58. The minimum absolute atomic E-state index is 0.0510. The van der Waals surface area contributed by atoms with Crippen LogP contribution in [0.25, 0.3) is 0 Å². The molecule has 2 aliphatic rings. The van der Waals surface area contributed by atoms with Gasteiger partial charge in [-0.3, -0.25) is 4.79 Å². The third-order valence-electron chi connectivity index (χ3n) is 6.14. The molecule has 0 spiro atoms. The first kappa shape index (κ1) is 24.9. The fourth-order valence-electron chi connectivity index (χ4n) is 4.21. The summed E-state index contributed by atoms with van der Waals surface area (Å²) in [6.07, 6.45) is -5.11. The molecular weight excluding hydrogens is 490 g/mol. The van der Waals surface area contributed by atoms with Gasteiger partial charge in [0.15, 0.2) is 0 Å². The smallest absolute Gasteiger partial charge is 0.370 e. The highest BCUT2D eigenvalue weighted by atomic mass is 35.5. The molecule has 1 amide bonds. The molecule has 2 unspecified atom stereocenters. The molecule has 0 bridgehead atoms. The normalized spacial score (nSPS) is 22.9. The first-order chi connectivity index (χ1) is 16.0. The lowest BCUT2D eigenvalue weighted by atomic mass is 9.83. The fraction of sp³-hybridized carbons (Fsp3) is 0.458. The SMILES string of the molecule is CC(C)C(=O)N1CC(OCc2cccc(C3CC(c4cc(Cl)cc(Cl)c4)(C(F)(F)F)N=N3)c2)C1. The van der Waals surface area contributed by atoms with Crippen molar-refractivity contribution in [3.05, 3.63) is 69.2 Å². The van der Waals surface area contributed by atoms with E-state index in [1.165, 1.54) is 18.2 Å². The molecule has 2 aromatic carbocycles. The number of rotatable bonds is 6. The number of amides is 1. The summed E-state index contributed by atoms with van der Waals surface area (Å²) >= 11 is 11.9. The topological polar surface area (TPSA) is 54.3 Å². The van der Waals surface area contributed by atoms with Crippen molar-refractivity contribution >= 4 is 29.1 Å². The van der Waals surface area contributed by atoms with Crippen LogP contribution >= 0.6 is 23.2 Å². The maximum absolute atomic E-state index is 14.2. The molecule has 182 valence electrons. The minimum Gasteiger partial charge on any atom is -0.370 e. The number of hydrogen-bond donors (Lipinski definition) is 0. The van der Waals surface area contributed by atoms with Crippen LogP contribution in [0.3, 0.4) is 0 Å². The van der Waals surface area contributed by atoms with E-state index < -0.39 is 17.8 Å². The number of ether oxygens (including phenoxy) is 1. The predicted molar refractivity (Wildman–Crippen MR) is 123 cm³/mol. The number of carbonyl (C=O) groups is 1. The van der Waals surface area contributed by atoms with Gasteiger partial charge in [0.2, 0.25) is 11.4 Å². The van der Waals surface area contributed by atoms with Crippen molar-refractivity contribution in [1.29, 1.82) is 0 Å². The van der Waals surface area contributed by atoms with Crippen LogP contribution in [-0.4, -0.2) is 36.2 Å². The monoisotopic (exact) mass is 513 g/mol. The molecule has 2 aliphatic heterocycles. The largest absolute Gasteiger partial charge is 0.419 e. The Morgan fingerprint density at radius 3 is 2.47 bits per heavy atom. The number of hydrogen-bond acceptors (Lipinski definition) is 4. The molecule has 5 nitrogen and oxygen atoms in total. The summed E-state index contributed by atoms with van der Waals surface area (Å²) in [6, 6.07) is 10.2. The first-order valence-electron chi connectivity index (χ1n) is 10.9. The quantitative estimate of drug-likeness (QED) is 0.429. The van der Waals surface area contributed by atoms with E-state index in [0.29, 0.717) is 25.3 Å². The molecule has 34 heavy (non-hydrogen) atoms. The minimum atomic E-state index is -4.68. The standard InChI is InChI=1S/C24H24Cl2F3N3O2/c1-14(2)22(33)32-11-20(12-32)34-13-15-4-3-5-16(6-15)21-10-23(31-30-21,24(27,28)29)17-7-18(25)9-19(26)8-17/h3-9,14,20-21H,10-13H2,1-2H3. The molecule has 1 saturated heterocycles. The van der Waals surface area contributed by atoms with Crippen molar-refractivity contribution in [3.8, 4) is 0 Å². The second-order valence-corrected chi connectivity index (χ2v) is 9.90. The van der Waals surface area contributed by atoms with Gasteiger partial charge in [0.05, 0.1) is 18.8 Å². The Labute approximate surface area is 205 Å². The van der Waals surface area contributed by atoms with E-state index in [1.807, 2.05) is 19.9 Å². The highest BCUT2D eigenvalue weighted by Gasteiger charge is 2.60. The highest BCUT2D eigenvalue weighted by molar-refractivity contribution is 6.34. The number of azo groups is 1. The van der Waals surface area contributed by atoms with E-state index in [-0.39, 0.29) is 40.0 Å². The van der Waals surface area contributed by atoms with Crippen molar-refractivity contribution in [3.63, 3.8) is 0 Å². The molecule has 4 rings (SSSR count). The molecule has 0 radical (unpaired) electrons. The zero-order valence-electron chi connectivity index (χ0n) is 18.6. The number of alkyl halides is 3. The van der Waals surface area contributed by atoms with E-state index in [9.17, 15) is 18.0 Å². The molecule has 10 heteroatoms. The summed E-state index contributed by atoms with van der Waals surface area (Å²) in [6.45, 7) is 5.10. The fourth-order valence-corrected chi connectivity index (χ4v) is 4.74. The Morgan fingerprint density at radius 2 is 1.85 bits per heavy atom. The van der Waals surface area contributed by atoms with E-state index in [4.69, 9.17) is 27.9 Å². The molecule has 0 saturated carbocycles. The van der Waals surface area contributed by atoms with Crippen molar-refractivity contribution in [2.75, 3.05) is 13.1 Å². The summed E-state index contributed by atoms with van der Waals surface area (Å²) in [5, 5.41) is 7.94. The molecule has 1 fully saturated rings. The van der Waals surface area contributed by atoms with Gasteiger partial charge in [-0.1, -0.05) is 61.3 Å². The van der Waals surface area contributed by atoms with Crippen LogP contribution in [0.4, 0.5) is 13.2 Å². The second kappa shape index (κ2) is 9.47. The molecular formula is C24H24Cl2F3N3O2. The summed E-state index contributed by atoms with van der Waals surface area (Å²) in [7, 11) is 0. The number of benzene rings is 2. The van der Waals surface area contributed by atoms with E-state index in [2.05, 4.69) is 10.2 Å². The Bertz CT molecular complexity index is 1080. The van der Waals surface area contributed by atoms with Crippen LogP contribution in [0.2, 0.25) is 10.0 Å². The summed E-state index contributed by atoms with van der Waals surface area (Å²) in [4.78, 5) is 13.7. The maximum atomic E-state index is 14.2. The maximum Gasteiger partial charge on any atom is 0.419 e. The van der Waals surface area contributed by atoms with Crippen LogP contribution < -0.4 is 0 Å². The highest BCUT2D eigenvalue weighted by Crippen LogP contribution is 2.53. The van der Waals surface area contributed by atoms with Gasteiger partial charge in [0.1, 0.15) is 0 Å². The van der Waals surface area contributed by atoms with Crippen LogP contribution in [-0.2, 0) is 21.7 Å². The second-order valence-electron chi connectivity index (χ2n) is 9.03.